The van der Waals surface area contributed by atoms with E-state index in [0.29, 0.717) is 13.2 Å². The molecule has 0 bridgehead atoms. The standard InChI is InChI=1S/C23H28N2O4/c1-3-20(29-19-7-4-17(2)5-8-19)23(26)25-12-10-24(11-13-25)15-18-6-9-21-22(14-18)28-16-27-21/h4-9,14,20H,3,10-13,15-16H2,1-2H3/t20-/m1/s1. The molecular formula is C23H28N2O4. The van der Waals surface area contributed by atoms with Crippen LogP contribution in [0.3, 0.4) is 0 Å². The Hall–Kier alpha value is -2.73. The van der Waals surface area contributed by atoms with Gasteiger partial charge in [-0.2, -0.15) is 0 Å². The van der Waals surface area contributed by atoms with Gasteiger partial charge in [-0.05, 0) is 43.2 Å². The Labute approximate surface area is 172 Å². The summed E-state index contributed by atoms with van der Waals surface area (Å²) >= 11 is 0. The first-order valence-electron chi connectivity index (χ1n) is 10.3. The van der Waals surface area contributed by atoms with Crippen LogP contribution in [0.2, 0.25) is 0 Å². The highest BCUT2D eigenvalue weighted by Gasteiger charge is 2.28. The molecule has 4 rings (SSSR count). The van der Waals surface area contributed by atoms with Crippen molar-refractivity contribution >= 4 is 5.91 Å². The van der Waals surface area contributed by atoms with Gasteiger partial charge in [0, 0.05) is 32.7 Å². The maximum absolute atomic E-state index is 12.9. The molecule has 0 saturated carbocycles. The molecule has 154 valence electrons. The van der Waals surface area contributed by atoms with Crippen LogP contribution in [0.15, 0.2) is 42.5 Å². The number of benzene rings is 2. The molecule has 2 aromatic rings. The zero-order chi connectivity index (χ0) is 20.2. The van der Waals surface area contributed by atoms with Crippen LogP contribution in [0.25, 0.3) is 0 Å². The maximum Gasteiger partial charge on any atom is 0.263 e. The number of amides is 1. The van der Waals surface area contributed by atoms with E-state index in [4.69, 9.17) is 14.2 Å². The summed E-state index contributed by atoms with van der Waals surface area (Å²) in [4.78, 5) is 17.2. The summed E-state index contributed by atoms with van der Waals surface area (Å²) in [5, 5.41) is 0. The molecule has 2 aromatic carbocycles. The maximum atomic E-state index is 12.9. The molecule has 0 N–H and O–H groups in total. The van der Waals surface area contributed by atoms with Gasteiger partial charge in [-0.3, -0.25) is 9.69 Å². The number of fused-ring (bicyclic) bond motifs is 1. The fourth-order valence-corrected chi connectivity index (χ4v) is 3.72. The van der Waals surface area contributed by atoms with Crippen molar-refractivity contribution in [2.24, 2.45) is 0 Å². The predicted octanol–water partition coefficient (Wildman–Crippen LogP) is 3.23. The van der Waals surface area contributed by atoms with E-state index in [1.807, 2.05) is 55.1 Å². The van der Waals surface area contributed by atoms with Crippen molar-refractivity contribution < 1.29 is 19.0 Å². The summed E-state index contributed by atoms with van der Waals surface area (Å²) in [6.07, 6.45) is 0.225. The van der Waals surface area contributed by atoms with E-state index in [1.54, 1.807) is 0 Å². The average molecular weight is 396 g/mol. The number of hydrogen-bond acceptors (Lipinski definition) is 5. The van der Waals surface area contributed by atoms with E-state index in [2.05, 4.69) is 11.0 Å². The zero-order valence-corrected chi connectivity index (χ0v) is 17.1. The molecule has 29 heavy (non-hydrogen) atoms. The first kappa shape index (κ1) is 19.6. The van der Waals surface area contributed by atoms with Gasteiger partial charge in [0.15, 0.2) is 17.6 Å². The van der Waals surface area contributed by atoms with Crippen LogP contribution in [0.5, 0.6) is 17.2 Å². The van der Waals surface area contributed by atoms with E-state index in [0.717, 1.165) is 50.0 Å². The number of hydrogen-bond donors (Lipinski definition) is 0. The minimum atomic E-state index is -0.432. The molecule has 1 amide bonds. The minimum Gasteiger partial charge on any atom is -0.481 e. The fourth-order valence-electron chi connectivity index (χ4n) is 3.72. The van der Waals surface area contributed by atoms with Gasteiger partial charge in [0.1, 0.15) is 5.75 Å². The third-order valence-corrected chi connectivity index (χ3v) is 5.47. The van der Waals surface area contributed by atoms with Gasteiger partial charge in [0.05, 0.1) is 0 Å². The van der Waals surface area contributed by atoms with Crippen LogP contribution in [0.4, 0.5) is 0 Å². The van der Waals surface area contributed by atoms with Crippen molar-refractivity contribution in [2.75, 3.05) is 33.0 Å². The van der Waals surface area contributed by atoms with Gasteiger partial charge in [-0.25, -0.2) is 0 Å². The SMILES string of the molecule is CC[C@@H](Oc1ccc(C)cc1)C(=O)N1CCN(Cc2ccc3c(c2)OCO3)CC1. The molecule has 1 fully saturated rings. The molecule has 2 aliphatic heterocycles. The normalized spacial score (nSPS) is 17.2. The molecule has 6 nitrogen and oxygen atoms in total. The van der Waals surface area contributed by atoms with Gasteiger partial charge in [0.2, 0.25) is 6.79 Å². The summed E-state index contributed by atoms with van der Waals surface area (Å²) in [6, 6.07) is 13.9. The number of carbonyl (C=O) groups is 1. The number of aryl methyl sites for hydroxylation is 1. The molecule has 1 atom stereocenters. The highest BCUT2D eigenvalue weighted by Crippen LogP contribution is 2.32. The van der Waals surface area contributed by atoms with Crippen LogP contribution in [0.1, 0.15) is 24.5 Å². The van der Waals surface area contributed by atoms with E-state index < -0.39 is 6.10 Å². The Morgan fingerprint density at radius 1 is 1.03 bits per heavy atom. The van der Waals surface area contributed by atoms with Gasteiger partial charge in [-0.1, -0.05) is 30.7 Å². The smallest absolute Gasteiger partial charge is 0.263 e. The topological polar surface area (TPSA) is 51.2 Å². The largest absolute Gasteiger partial charge is 0.481 e. The van der Waals surface area contributed by atoms with Crippen LogP contribution < -0.4 is 14.2 Å². The Balaban J connectivity index is 1.30. The molecule has 0 aliphatic carbocycles. The van der Waals surface area contributed by atoms with E-state index in [9.17, 15) is 4.79 Å². The molecular weight excluding hydrogens is 368 g/mol. The summed E-state index contributed by atoms with van der Waals surface area (Å²) < 4.78 is 16.8. The number of nitrogens with zero attached hydrogens (tertiary/aromatic N) is 2. The second-order valence-corrected chi connectivity index (χ2v) is 7.62. The van der Waals surface area contributed by atoms with E-state index in [-0.39, 0.29) is 5.91 Å². The summed E-state index contributed by atoms with van der Waals surface area (Å²) in [5.41, 5.74) is 2.37. The lowest BCUT2D eigenvalue weighted by molar-refractivity contribution is -0.140. The molecule has 1 saturated heterocycles. The first-order valence-corrected chi connectivity index (χ1v) is 10.3. The monoisotopic (exact) mass is 396 g/mol. The van der Waals surface area contributed by atoms with Gasteiger partial charge in [0.25, 0.3) is 5.91 Å². The van der Waals surface area contributed by atoms with E-state index in [1.165, 1.54) is 11.1 Å². The Morgan fingerprint density at radius 3 is 2.48 bits per heavy atom. The molecule has 0 spiro atoms. The van der Waals surface area contributed by atoms with Crippen molar-refractivity contribution in [1.29, 1.82) is 0 Å². The predicted molar refractivity (Wildman–Crippen MR) is 110 cm³/mol. The van der Waals surface area contributed by atoms with Crippen LogP contribution in [-0.4, -0.2) is 54.8 Å². The zero-order valence-electron chi connectivity index (χ0n) is 17.1. The lowest BCUT2D eigenvalue weighted by Crippen LogP contribution is -2.52. The van der Waals surface area contributed by atoms with Crippen molar-refractivity contribution in [3.63, 3.8) is 0 Å². The third-order valence-electron chi connectivity index (χ3n) is 5.47. The van der Waals surface area contributed by atoms with Crippen LogP contribution >= 0.6 is 0 Å². The molecule has 0 aromatic heterocycles. The van der Waals surface area contributed by atoms with Crippen molar-refractivity contribution in [3.8, 4) is 17.2 Å². The Bertz CT molecular complexity index is 844. The number of rotatable bonds is 6. The number of ether oxygens (including phenoxy) is 3. The molecule has 2 heterocycles. The third kappa shape index (κ3) is 4.65. The fraction of sp³-hybridized carbons (Fsp3) is 0.435. The lowest BCUT2D eigenvalue weighted by Gasteiger charge is -2.36. The van der Waals surface area contributed by atoms with Crippen molar-refractivity contribution in [3.05, 3.63) is 53.6 Å². The first-order chi connectivity index (χ1) is 14.1. The second kappa shape index (κ2) is 8.74. The molecule has 0 unspecified atom stereocenters. The van der Waals surface area contributed by atoms with Gasteiger partial charge in [-0.15, -0.1) is 0 Å². The molecule has 6 heteroatoms. The summed E-state index contributed by atoms with van der Waals surface area (Å²) in [5.74, 6) is 2.45. The van der Waals surface area contributed by atoms with E-state index >= 15 is 0 Å². The highest BCUT2D eigenvalue weighted by atomic mass is 16.7. The van der Waals surface area contributed by atoms with Crippen LogP contribution in [-0.2, 0) is 11.3 Å². The summed E-state index contributed by atoms with van der Waals surface area (Å²) in [7, 11) is 0. The Kier molecular flexibility index (Phi) is 5.90. The quantitative estimate of drug-likeness (QED) is 0.750. The average Bonchev–Trinajstić information content (AvgIpc) is 3.21. The van der Waals surface area contributed by atoms with Crippen LogP contribution in [0, 0.1) is 6.92 Å². The molecule has 0 radical (unpaired) electrons. The minimum absolute atomic E-state index is 0.0794. The highest BCUT2D eigenvalue weighted by molar-refractivity contribution is 5.81. The second-order valence-electron chi connectivity index (χ2n) is 7.62. The summed E-state index contributed by atoms with van der Waals surface area (Å²) in [6.45, 7) is 8.30. The lowest BCUT2D eigenvalue weighted by atomic mass is 10.1. The van der Waals surface area contributed by atoms with Gasteiger partial charge < -0.3 is 19.1 Å². The molecule has 2 aliphatic rings. The van der Waals surface area contributed by atoms with Gasteiger partial charge >= 0.3 is 0 Å². The Morgan fingerprint density at radius 2 is 1.76 bits per heavy atom. The van der Waals surface area contributed by atoms with Crippen molar-refractivity contribution in [1.82, 2.24) is 9.80 Å². The number of piperazine rings is 1. The van der Waals surface area contributed by atoms with Crippen molar-refractivity contribution in [2.45, 2.75) is 32.9 Å². The number of carbonyl (C=O) groups excluding carboxylic acids is 1.